The Bertz CT molecular complexity index is 993. The standard InChI is InChI=1S/C24H22N2O2/c1-17-8-10-18(11-9-17)22-16-23(19-12-14-21(28-2)15-13-19)26(25-22)24(27)20-6-4-3-5-7-20/h3-16,23,25H,1-2H3/t23-/m0/s1. The third-order valence-electron chi connectivity index (χ3n) is 4.90. The third-order valence-corrected chi connectivity index (χ3v) is 4.90. The largest absolute Gasteiger partial charge is 0.497 e. The molecular formula is C24H22N2O2. The van der Waals surface area contributed by atoms with E-state index in [1.165, 1.54) is 5.56 Å². The zero-order valence-corrected chi connectivity index (χ0v) is 15.9. The van der Waals surface area contributed by atoms with Crippen LogP contribution in [0.1, 0.15) is 33.1 Å². The Morgan fingerprint density at radius 2 is 1.61 bits per heavy atom. The summed E-state index contributed by atoms with van der Waals surface area (Å²) in [7, 11) is 1.65. The fourth-order valence-corrected chi connectivity index (χ4v) is 3.31. The average molecular weight is 370 g/mol. The van der Waals surface area contributed by atoms with Gasteiger partial charge in [0.25, 0.3) is 5.91 Å². The second kappa shape index (κ2) is 7.61. The second-order valence-electron chi connectivity index (χ2n) is 6.82. The minimum atomic E-state index is -0.213. The van der Waals surface area contributed by atoms with E-state index in [2.05, 4.69) is 42.7 Å². The molecule has 4 heteroatoms. The Morgan fingerprint density at radius 3 is 2.25 bits per heavy atom. The zero-order chi connectivity index (χ0) is 19.5. The lowest BCUT2D eigenvalue weighted by Crippen LogP contribution is -2.39. The van der Waals surface area contributed by atoms with Gasteiger partial charge in [-0.2, -0.15) is 0 Å². The number of benzene rings is 3. The van der Waals surface area contributed by atoms with Crippen LogP contribution in [0.3, 0.4) is 0 Å². The molecule has 1 aliphatic rings. The summed E-state index contributed by atoms with van der Waals surface area (Å²) < 4.78 is 5.27. The molecule has 0 aromatic heterocycles. The fraction of sp³-hybridized carbons (Fsp3) is 0.125. The van der Waals surface area contributed by atoms with Gasteiger partial charge in [-0.05, 0) is 48.4 Å². The molecule has 0 spiro atoms. The number of hydrogen-bond acceptors (Lipinski definition) is 3. The number of carbonyl (C=O) groups is 1. The Balaban J connectivity index is 1.71. The van der Waals surface area contributed by atoms with Crippen molar-refractivity contribution >= 4 is 11.6 Å². The molecule has 1 aliphatic heterocycles. The van der Waals surface area contributed by atoms with Crippen molar-refractivity contribution in [3.05, 3.63) is 107 Å². The number of nitrogens with one attached hydrogen (secondary N) is 1. The Kier molecular flexibility index (Phi) is 4.85. The van der Waals surface area contributed by atoms with Gasteiger partial charge in [0, 0.05) is 5.56 Å². The number of methoxy groups -OCH3 is 1. The van der Waals surface area contributed by atoms with E-state index in [0.29, 0.717) is 5.56 Å². The van der Waals surface area contributed by atoms with Crippen LogP contribution in [0, 0.1) is 6.92 Å². The summed E-state index contributed by atoms with van der Waals surface area (Å²) in [5, 5.41) is 1.69. The molecule has 4 nitrogen and oxygen atoms in total. The predicted molar refractivity (Wildman–Crippen MR) is 111 cm³/mol. The molecule has 1 amide bonds. The van der Waals surface area contributed by atoms with E-state index in [0.717, 1.165) is 22.6 Å². The molecule has 0 saturated carbocycles. The molecule has 0 radical (unpaired) electrons. The van der Waals surface area contributed by atoms with Crippen molar-refractivity contribution in [3.8, 4) is 5.75 Å². The van der Waals surface area contributed by atoms with E-state index < -0.39 is 0 Å². The molecule has 140 valence electrons. The molecule has 3 aromatic carbocycles. The number of rotatable bonds is 4. The number of aryl methyl sites for hydroxylation is 1. The number of carbonyl (C=O) groups excluding carboxylic acids is 1. The van der Waals surface area contributed by atoms with Crippen molar-refractivity contribution in [2.75, 3.05) is 7.11 Å². The molecule has 0 fully saturated rings. The van der Waals surface area contributed by atoms with Crippen LogP contribution in [0.4, 0.5) is 0 Å². The van der Waals surface area contributed by atoms with Crippen LogP contribution in [0.25, 0.3) is 5.70 Å². The van der Waals surface area contributed by atoms with Gasteiger partial charge in [0.2, 0.25) is 0 Å². The second-order valence-corrected chi connectivity index (χ2v) is 6.82. The highest BCUT2D eigenvalue weighted by molar-refractivity contribution is 5.95. The summed E-state index contributed by atoms with van der Waals surface area (Å²) in [5.41, 5.74) is 8.15. The fourth-order valence-electron chi connectivity index (χ4n) is 3.31. The highest BCUT2D eigenvalue weighted by atomic mass is 16.5. The molecular weight excluding hydrogens is 348 g/mol. The predicted octanol–water partition coefficient (Wildman–Crippen LogP) is 4.75. The molecule has 0 unspecified atom stereocenters. The van der Waals surface area contributed by atoms with Gasteiger partial charge in [-0.1, -0.05) is 60.2 Å². The lowest BCUT2D eigenvalue weighted by molar-refractivity contribution is 0.0672. The Morgan fingerprint density at radius 1 is 0.929 bits per heavy atom. The normalized spacial score (nSPS) is 15.7. The summed E-state index contributed by atoms with van der Waals surface area (Å²) in [6, 6.07) is 25.2. The van der Waals surface area contributed by atoms with Crippen molar-refractivity contribution < 1.29 is 9.53 Å². The molecule has 0 bridgehead atoms. The monoisotopic (exact) mass is 370 g/mol. The van der Waals surface area contributed by atoms with Gasteiger partial charge >= 0.3 is 0 Å². The first-order valence-corrected chi connectivity index (χ1v) is 9.24. The van der Waals surface area contributed by atoms with Gasteiger partial charge < -0.3 is 4.74 Å². The number of hydrazine groups is 1. The molecule has 3 aromatic rings. The van der Waals surface area contributed by atoms with E-state index in [-0.39, 0.29) is 11.9 Å². The van der Waals surface area contributed by atoms with Crippen LogP contribution in [0.2, 0.25) is 0 Å². The topological polar surface area (TPSA) is 41.6 Å². The lowest BCUT2D eigenvalue weighted by Gasteiger charge is -2.25. The number of amides is 1. The van der Waals surface area contributed by atoms with E-state index in [1.54, 1.807) is 12.1 Å². The number of ether oxygens (including phenoxy) is 1. The summed E-state index contributed by atoms with van der Waals surface area (Å²) in [6.45, 7) is 2.06. The summed E-state index contributed by atoms with van der Waals surface area (Å²) in [4.78, 5) is 13.2. The summed E-state index contributed by atoms with van der Waals surface area (Å²) >= 11 is 0. The van der Waals surface area contributed by atoms with Crippen LogP contribution in [0.15, 0.2) is 84.9 Å². The quantitative estimate of drug-likeness (QED) is 0.721. The highest BCUT2D eigenvalue weighted by Crippen LogP contribution is 2.33. The van der Waals surface area contributed by atoms with E-state index in [4.69, 9.17) is 4.74 Å². The van der Waals surface area contributed by atoms with E-state index >= 15 is 0 Å². The van der Waals surface area contributed by atoms with E-state index in [9.17, 15) is 4.79 Å². The SMILES string of the molecule is COc1ccc([C@@H]2C=C(c3ccc(C)cc3)NN2C(=O)c2ccccc2)cc1. The first-order valence-electron chi connectivity index (χ1n) is 9.24. The highest BCUT2D eigenvalue weighted by Gasteiger charge is 2.31. The Hall–Kier alpha value is -3.53. The third kappa shape index (κ3) is 3.49. The average Bonchev–Trinajstić information content (AvgIpc) is 3.20. The van der Waals surface area contributed by atoms with Crippen molar-refractivity contribution in [1.29, 1.82) is 0 Å². The van der Waals surface area contributed by atoms with E-state index in [1.807, 2.05) is 54.6 Å². The number of nitrogens with zero attached hydrogens (tertiary/aromatic N) is 1. The zero-order valence-electron chi connectivity index (χ0n) is 15.9. The van der Waals surface area contributed by atoms with Gasteiger partial charge in [-0.3, -0.25) is 10.2 Å². The first kappa shape index (κ1) is 17.9. The maximum Gasteiger partial charge on any atom is 0.273 e. The maximum absolute atomic E-state index is 13.2. The molecule has 1 N–H and O–H groups in total. The number of hydrogen-bond donors (Lipinski definition) is 1. The van der Waals surface area contributed by atoms with Crippen LogP contribution in [-0.4, -0.2) is 18.0 Å². The van der Waals surface area contributed by atoms with Crippen LogP contribution in [0.5, 0.6) is 5.75 Å². The van der Waals surface area contributed by atoms with Gasteiger partial charge in [-0.15, -0.1) is 0 Å². The summed E-state index contributed by atoms with van der Waals surface area (Å²) in [5.74, 6) is 0.721. The molecule has 0 aliphatic carbocycles. The minimum Gasteiger partial charge on any atom is -0.497 e. The van der Waals surface area contributed by atoms with Crippen molar-refractivity contribution in [3.63, 3.8) is 0 Å². The first-order chi connectivity index (χ1) is 13.7. The lowest BCUT2D eigenvalue weighted by atomic mass is 10.0. The summed E-state index contributed by atoms with van der Waals surface area (Å²) in [6.07, 6.45) is 2.09. The van der Waals surface area contributed by atoms with Gasteiger partial charge in [0.1, 0.15) is 5.75 Å². The van der Waals surface area contributed by atoms with Crippen LogP contribution < -0.4 is 10.2 Å². The van der Waals surface area contributed by atoms with Gasteiger partial charge in [0.15, 0.2) is 0 Å². The molecule has 1 heterocycles. The van der Waals surface area contributed by atoms with Gasteiger partial charge in [-0.25, -0.2) is 5.01 Å². The maximum atomic E-state index is 13.2. The Labute approximate surface area is 165 Å². The van der Waals surface area contributed by atoms with Crippen LogP contribution in [-0.2, 0) is 0 Å². The van der Waals surface area contributed by atoms with Gasteiger partial charge in [0.05, 0.1) is 18.8 Å². The van der Waals surface area contributed by atoms with Crippen molar-refractivity contribution in [1.82, 2.24) is 10.4 Å². The molecule has 0 saturated heterocycles. The smallest absolute Gasteiger partial charge is 0.273 e. The minimum absolute atomic E-state index is 0.0696. The van der Waals surface area contributed by atoms with Crippen LogP contribution >= 0.6 is 0 Å². The molecule has 1 atom stereocenters. The molecule has 4 rings (SSSR count). The van der Waals surface area contributed by atoms with Crippen molar-refractivity contribution in [2.45, 2.75) is 13.0 Å². The van der Waals surface area contributed by atoms with Crippen molar-refractivity contribution in [2.24, 2.45) is 0 Å². The molecule has 28 heavy (non-hydrogen) atoms.